The summed E-state index contributed by atoms with van der Waals surface area (Å²) in [5, 5.41) is 24.9. The number of halogens is 4. The number of hydrogen-bond acceptors (Lipinski definition) is 12. The number of anilines is 2. The van der Waals surface area contributed by atoms with Gasteiger partial charge in [-0.3, -0.25) is 9.69 Å². The van der Waals surface area contributed by atoms with Crippen molar-refractivity contribution in [1.82, 2.24) is 9.62 Å². The summed E-state index contributed by atoms with van der Waals surface area (Å²) >= 11 is 7.49. The van der Waals surface area contributed by atoms with E-state index in [1.54, 1.807) is 12.1 Å². The average molecular weight is 988 g/mol. The number of alkyl halides is 3. The molecule has 0 aromatic heterocycles. The quantitative estimate of drug-likeness (QED) is 0.0665. The van der Waals surface area contributed by atoms with Crippen LogP contribution in [0.4, 0.5) is 24.5 Å². The molecule has 1 amide bonds. The maximum atomic E-state index is 14.2. The van der Waals surface area contributed by atoms with Gasteiger partial charge < -0.3 is 25.2 Å². The van der Waals surface area contributed by atoms with Crippen LogP contribution < -0.4 is 14.9 Å². The van der Waals surface area contributed by atoms with Crippen LogP contribution in [-0.4, -0.2) is 107 Å². The van der Waals surface area contributed by atoms with Crippen LogP contribution in [0.25, 0.3) is 11.1 Å². The number of nitrogens with one attached hydrogen (secondary N) is 2. The summed E-state index contributed by atoms with van der Waals surface area (Å²) in [6.45, 7) is 2.66. The van der Waals surface area contributed by atoms with Gasteiger partial charge in [0, 0.05) is 59.1 Å². The second-order valence-electron chi connectivity index (χ2n) is 16.2. The van der Waals surface area contributed by atoms with Crippen LogP contribution in [0, 0.1) is 5.92 Å². The fourth-order valence-electron chi connectivity index (χ4n) is 8.18. The second kappa shape index (κ2) is 21.5. The Bertz CT molecular complexity index is 2660. The van der Waals surface area contributed by atoms with Gasteiger partial charge in [0.15, 0.2) is 0 Å². The lowest BCUT2D eigenvalue weighted by molar-refractivity contribution is -0.0435. The normalized spacial score (nSPS) is 17.5. The number of nitrogens with zero attached hydrogens (tertiary/aromatic N) is 2. The lowest BCUT2D eigenvalue weighted by Gasteiger charge is -2.36. The van der Waals surface area contributed by atoms with E-state index in [0.717, 1.165) is 39.4 Å². The van der Waals surface area contributed by atoms with Crippen molar-refractivity contribution in [1.29, 1.82) is 0 Å². The van der Waals surface area contributed by atoms with Crippen molar-refractivity contribution >= 4 is 60.5 Å². The van der Waals surface area contributed by atoms with Gasteiger partial charge in [0.05, 0.1) is 42.5 Å². The summed E-state index contributed by atoms with van der Waals surface area (Å²) < 4.78 is 103. The van der Waals surface area contributed by atoms with E-state index >= 15 is 0 Å². The molecule has 66 heavy (non-hydrogen) atoms. The summed E-state index contributed by atoms with van der Waals surface area (Å²) in [7, 11) is -11.0. The number of piperidine rings is 1. The van der Waals surface area contributed by atoms with E-state index in [-0.39, 0.29) is 24.1 Å². The molecule has 0 spiro atoms. The summed E-state index contributed by atoms with van der Waals surface area (Å²) in [4.78, 5) is 16.1. The van der Waals surface area contributed by atoms with Crippen LogP contribution in [0.5, 0.6) is 0 Å². The highest BCUT2D eigenvalue weighted by molar-refractivity contribution is 7.99. The molecule has 19 heteroatoms. The monoisotopic (exact) mass is 986 g/mol. The number of sulfonamides is 1. The molecule has 1 unspecified atom stereocenters. The minimum atomic E-state index is -6.11. The third kappa shape index (κ3) is 11.9. The number of amides is 1. The van der Waals surface area contributed by atoms with Crippen LogP contribution >= 0.6 is 23.4 Å². The van der Waals surface area contributed by atoms with Crippen LogP contribution in [0.1, 0.15) is 41.3 Å². The van der Waals surface area contributed by atoms with Gasteiger partial charge in [-0.25, -0.2) is 21.6 Å². The van der Waals surface area contributed by atoms with Crippen LogP contribution in [0.3, 0.4) is 0 Å². The first-order chi connectivity index (χ1) is 31.5. The maximum Gasteiger partial charge on any atom is 0.501 e. The molecule has 4 N–H and O–H groups in total. The molecule has 12 nitrogen and oxygen atoms in total. The van der Waals surface area contributed by atoms with Crippen molar-refractivity contribution < 1.29 is 49.8 Å². The van der Waals surface area contributed by atoms with E-state index in [1.807, 2.05) is 88.5 Å². The highest BCUT2D eigenvalue weighted by Crippen LogP contribution is 2.39. The summed E-state index contributed by atoms with van der Waals surface area (Å²) in [5.41, 5.74) is -2.86. The van der Waals surface area contributed by atoms with Gasteiger partial charge in [-0.1, -0.05) is 66.2 Å². The molecule has 2 heterocycles. The van der Waals surface area contributed by atoms with Crippen LogP contribution in [0.15, 0.2) is 136 Å². The molecule has 2 saturated heterocycles. The fraction of sp³-hybridized carbons (Fsp3) is 0.340. The molecule has 7 rings (SSSR count). The highest BCUT2D eigenvalue weighted by atomic mass is 35.5. The smallest absolute Gasteiger partial charge is 0.395 e. The van der Waals surface area contributed by atoms with Gasteiger partial charge in [-0.05, 0) is 109 Å². The topological polar surface area (TPSA) is 166 Å². The molecule has 0 saturated carbocycles. The molecule has 352 valence electrons. The van der Waals surface area contributed by atoms with Crippen LogP contribution in [-0.2, 0) is 24.6 Å². The number of sulfone groups is 1. The van der Waals surface area contributed by atoms with Gasteiger partial charge in [0.1, 0.15) is 4.90 Å². The maximum absolute atomic E-state index is 14.2. The Morgan fingerprint density at radius 2 is 1.56 bits per heavy atom. The molecule has 0 radical (unpaired) electrons. The number of carbonyl (C=O) groups excluding carboxylic acids is 1. The molecule has 2 aliphatic heterocycles. The SMILES string of the molecule is O=C(NS(=O)(=O)c1ccc(N[C@H](CCN2CCOC[C@@H]2CO)CSc2ccccc2)c(S(=O)(=O)C(F)(F)F)c1)c1ccc(N2CCC(C(O)c3ccccc3-c3ccc(Cl)cc3)CC2)cc1. The number of hydrogen-bond donors (Lipinski definition) is 4. The Hall–Kier alpha value is -4.66. The van der Waals surface area contributed by atoms with Crippen molar-refractivity contribution in [3.8, 4) is 11.1 Å². The molecule has 0 bridgehead atoms. The zero-order valence-electron chi connectivity index (χ0n) is 35.6. The fourth-order valence-corrected chi connectivity index (χ4v) is 11.3. The number of ether oxygens (including phenoxy) is 1. The summed E-state index contributed by atoms with van der Waals surface area (Å²) in [5.74, 6) is -0.810. The van der Waals surface area contributed by atoms with Gasteiger partial charge in [-0.15, -0.1) is 11.8 Å². The molecule has 2 aliphatic rings. The molecule has 5 aromatic carbocycles. The number of carbonyl (C=O) groups is 1. The first kappa shape index (κ1) is 49.3. The van der Waals surface area contributed by atoms with Gasteiger partial charge in [-0.2, -0.15) is 13.2 Å². The zero-order chi connectivity index (χ0) is 47.1. The Morgan fingerprint density at radius 3 is 2.24 bits per heavy atom. The van der Waals surface area contributed by atoms with Gasteiger partial charge in [0.25, 0.3) is 25.8 Å². The molecule has 0 aliphatic carbocycles. The largest absolute Gasteiger partial charge is 0.501 e. The first-order valence-corrected chi connectivity index (χ1v) is 25.6. The summed E-state index contributed by atoms with van der Waals surface area (Å²) in [6, 6.07) is 31.9. The van der Waals surface area contributed by atoms with Crippen molar-refractivity contribution in [3.05, 3.63) is 137 Å². The number of rotatable bonds is 17. The first-order valence-electron chi connectivity index (χ1n) is 21.3. The van der Waals surface area contributed by atoms with Crippen molar-refractivity contribution in [2.75, 3.05) is 62.0 Å². The minimum Gasteiger partial charge on any atom is -0.395 e. The lowest BCUT2D eigenvalue weighted by atomic mass is 9.84. The third-order valence-corrected chi connectivity index (χ3v) is 16.2. The van der Waals surface area contributed by atoms with Gasteiger partial charge in [0.2, 0.25) is 0 Å². The summed E-state index contributed by atoms with van der Waals surface area (Å²) in [6.07, 6.45) is 0.948. The number of morpholine rings is 1. The van der Waals surface area contributed by atoms with E-state index in [9.17, 15) is 45.0 Å². The zero-order valence-corrected chi connectivity index (χ0v) is 38.8. The Balaban J connectivity index is 1.03. The predicted octanol–water partition coefficient (Wildman–Crippen LogP) is 8.03. The Labute approximate surface area is 392 Å². The van der Waals surface area contributed by atoms with Crippen molar-refractivity contribution in [2.45, 2.75) is 57.6 Å². The Kier molecular flexibility index (Phi) is 16.1. The number of aliphatic hydroxyl groups is 2. The average Bonchev–Trinajstić information content (AvgIpc) is 3.32. The highest BCUT2D eigenvalue weighted by Gasteiger charge is 2.48. The number of aliphatic hydroxyl groups excluding tert-OH is 2. The number of benzene rings is 5. The van der Waals surface area contributed by atoms with Crippen LogP contribution in [0.2, 0.25) is 5.02 Å². The standard InChI is InChI=1S/C47H50ClF3N4O8S3/c48-35-14-10-32(11-15-35)41-8-4-5-9-42(41)45(57)33-20-23-54(24-21-33)37-16-12-34(13-17-37)46(58)53-66(61,62)40-18-19-43(44(28-40)65(59,60)47(49,50)51)52-36(31-64-39-6-2-1-3-7-39)22-25-55-26-27-63-30-38(55)29-56/h1-19,28,33,36,38,45,52,56-57H,20-27,29-31H2,(H,53,58)/t36-,38+,45?/m1/s1. The molecule has 2 fully saturated rings. The van der Waals surface area contributed by atoms with E-state index in [0.29, 0.717) is 75.5 Å². The molecule has 5 aromatic rings. The lowest BCUT2D eigenvalue weighted by Crippen LogP contribution is -2.48. The van der Waals surface area contributed by atoms with Crippen molar-refractivity contribution in [3.63, 3.8) is 0 Å². The van der Waals surface area contributed by atoms with E-state index < -0.39 is 58.9 Å². The second-order valence-corrected chi connectivity index (χ2v) is 21.3. The predicted molar refractivity (Wildman–Crippen MR) is 250 cm³/mol. The van der Waals surface area contributed by atoms with E-state index in [2.05, 4.69) is 10.2 Å². The molecular weight excluding hydrogens is 937 g/mol. The van der Waals surface area contributed by atoms with E-state index in [4.69, 9.17) is 16.3 Å². The third-order valence-electron chi connectivity index (χ3n) is 11.9. The number of thioether (sulfide) groups is 1. The molecular formula is C47H50ClF3N4O8S3. The molecule has 3 atom stereocenters. The minimum absolute atomic E-state index is 0.0256. The Morgan fingerprint density at radius 1 is 0.879 bits per heavy atom. The van der Waals surface area contributed by atoms with Gasteiger partial charge >= 0.3 is 5.51 Å². The van der Waals surface area contributed by atoms with E-state index in [1.165, 1.54) is 23.9 Å². The van der Waals surface area contributed by atoms with Crippen molar-refractivity contribution in [2.24, 2.45) is 5.92 Å².